The molecule has 1 fully saturated rings. The highest BCUT2D eigenvalue weighted by molar-refractivity contribution is 5.77. The average Bonchev–Trinajstić information content (AvgIpc) is 3.46. The van der Waals surface area contributed by atoms with Crippen LogP contribution in [0.1, 0.15) is 70.4 Å². The number of hydrogen-bond donors (Lipinski definition) is 2. The van der Waals surface area contributed by atoms with E-state index in [0.29, 0.717) is 47.3 Å². The molecular formula is C34H51NO10. The van der Waals surface area contributed by atoms with Crippen LogP contribution in [0.4, 0.5) is 0 Å². The lowest BCUT2D eigenvalue weighted by Crippen LogP contribution is -2.39. The van der Waals surface area contributed by atoms with Crippen molar-refractivity contribution in [3.63, 3.8) is 0 Å². The first-order chi connectivity index (χ1) is 21.8. The maximum atomic E-state index is 12.3. The highest BCUT2D eigenvalue weighted by atomic mass is 16.7. The number of nitrogens with one attached hydrogen (secondary N) is 1. The van der Waals surface area contributed by atoms with Gasteiger partial charge in [-0.1, -0.05) is 13.8 Å². The number of aryl methyl sites for hydroxylation is 2. The van der Waals surface area contributed by atoms with Crippen molar-refractivity contribution in [2.75, 3.05) is 42.2 Å². The molecule has 2 aliphatic rings. The zero-order chi connectivity index (χ0) is 33.4. The van der Waals surface area contributed by atoms with Crippen molar-refractivity contribution < 1.29 is 47.9 Å². The second kappa shape index (κ2) is 19.5. The molecule has 1 atom stereocenters. The van der Waals surface area contributed by atoms with E-state index in [9.17, 15) is 9.59 Å². The summed E-state index contributed by atoms with van der Waals surface area (Å²) in [7, 11) is 7.76. The van der Waals surface area contributed by atoms with Crippen LogP contribution in [0.3, 0.4) is 0 Å². The van der Waals surface area contributed by atoms with Crippen molar-refractivity contribution in [2.24, 2.45) is 5.92 Å². The minimum absolute atomic E-state index is 0.0153. The first-order valence-electron chi connectivity index (χ1n) is 15.6. The number of rotatable bonds is 12. The van der Waals surface area contributed by atoms with Crippen molar-refractivity contribution >= 4 is 11.9 Å². The molecule has 1 saturated carbocycles. The molecule has 1 aliphatic heterocycles. The Morgan fingerprint density at radius 3 is 1.93 bits per heavy atom. The molecule has 0 bridgehead atoms. The minimum atomic E-state index is -0.340. The Balaban J connectivity index is 0.000000335. The Labute approximate surface area is 267 Å². The highest BCUT2D eigenvalue weighted by Crippen LogP contribution is 2.44. The lowest BCUT2D eigenvalue weighted by molar-refractivity contribution is -0.146. The van der Waals surface area contributed by atoms with Crippen LogP contribution < -0.4 is 33.7 Å². The van der Waals surface area contributed by atoms with E-state index in [1.165, 1.54) is 7.11 Å². The summed E-state index contributed by atoms with van der Waals surface area (Å²) >= 11 is 0. The first-order valence-corrected chi connectivity index (χ1v) is 15.6. The van der Waals surface area contributed by atoms with Crippen LogP contribution in [0.2, 0.25) is 0 Å². The van der Waals surface area contributed by atoms with Gasteiger partial charge in [-0.15, -0.1) is 0 Å². The number of carbonyl (C=O) groups excluding carboxylic acids is 2. The molecule has 0 saturated heterocycles. The van der Waals surface area contributed by atoms with Gasteiger partial charge in [-0.05, 0) is 80.3 Å². The molecule has 1 aliphatic carbocycles. The van der Waals surface area contributed by atoms with E-state index in [4.69, 9.17) is 38.3 Å². The molecule has 2 aromatic rings. The van der Waals surface area contributed by atoms with E-state index in [-0.39, 0.29) is 36.7 Å². The predicted molar refractivity (Wildman–Crippen MR) is 171 cm³/mol. The number of hydrogen-bond acceptors (Lipinski definition) is 10. The lowest BCUT2D eigenvalue weighted by Gasteiger charge is -2.27. The van der Waals surface area contributed by atoms with Crippen LogP contribution in [0.25, 0.3) is 0 Å². The van der Waals surface area contributed by atoms with E-state index >= 15 is 0 Å². The number of amides is 1. The molecule has 0 spiro atoms. The molecule has 2 aromatic carbocycles. The zero-order valence-electron chi connectivity index (χ0n) is 28.0. The molecule has 1 amide bonds. The second-order valence-corrected chi connectivity index (χ2v) is 10.4. The minimum Gasteiger partial charge on any atom is -0.493 e. The number of fused-ring (bicyclic) bond motifs is 1. The lowest BCUT2D eigenvalue weighted by atomic mass is 9.86. The van der Waals surface area contributed by atoms with Gasteiger partial charge >= 0.3 is 5.97 Å². The van der Waals surface area contributed by atoms with Gasteiger partial charge in [0.05, 0.1) is 41.5 Å². The Kier molecular flexibility index (Phi) is 16.2. The van der Waals surface area contributed by atoms with Crippen molar-refractivity contribution in [1.29, 1.82) is 0 Å². The SMILES string of the molecule is CC.COC(=O)C1CCC(NC(=O)CCc2cc(OC)c3c(c2)OC(C)O3)CC1.COc1cc(CCCO)cc(OC)c1OC. The Bertz CT molecular complexity index is 1180. The molecule has 2 N–H and O–H groups in total. The standard InChI is InChI=1S/C20H27NO6.C12H18O4.C2H6/c1-12-26-17-11-13(10-16(24-2)19(17)27-12)4-9-18(22)21-15-7-5-14(6-8-15)20(23)25-3;1-14-10-7-9(5-4-6-13)8-11(15-2)12(10)16-3;1-2/h10-12,14-15H,4-9H2,1-3H3,(H,21,22);7-8,13H,4-6H2,1-3H3;1-2H3. The Hall–Kier alpha value is -3.86. The Morgan fingerprint density at radius 2 is 1.40 bits per heavy atom. The first kappa shape index (κ1) is 37.3. The van der Waals surface area contributed by atoms with Gasteiger partial charge in [0.15, 0.2) is 23.0 Å². The smallest absolute Gasteiger partial charge is 0.308 e. The summed E-state index contributed by atoms with van der Waals surface area (Å²) in [4.78, 5) is 23.9. The summed E-state index contributed by atoms with van der Waals surface area (Å²) in [5.41, 5.74) is 2.02. The fourth-order valence-corrected chi connectivity index (χ4v) is 5.26. The number of methoxy groups -OCH3 is 5. The maximum absolute atomic E-state index is 12.3. The second-order valence-electron chi connectivity index (χ2n) is 10.4. The maximum Gasteiger partial charge on any atom is 0.308 e. The molecule has 11 nitrogen and oxygen atoms in total. The number of benzene rings is 2. The number of esters is 1. The molecule has 252 valence electrons. The molecule has 4 rings (SSSR count). The largest absolute Gasteiger partial charge is 0.493 e. The van der Waals surface area contributed by atoms with Crippen LogP contribution in [-0.4, -0.2) is 71.5 Å². The van der Waals surface area contributed by atoms with Crippen LogP contribution in [0.15, 0.2) is 24.3 Å². The highest BCUT2D eigenvalue weighted by Gasteiger charge is 2.28. The summed E-state index contributed by atoms with van der Waals surface area (Å²) < 4.78 is 37.0. The van der Waals surface area contributed by atoms with Gasteiger partial charge in [0, 0.05) is 26.0 Å². The Morgan fingerprint density at radius 1 is 0.822 bits per heavy atom. The molecule has 0 aromatic heterocycles. The van der Waals surface area contributed by atoms with E-state index < -0.39 is 0 Å². The molecular weight excluding hydrogens is 582 g/mol. The van der Waals surface area contributed by atoms with Gasteiger partial charge in [-0.2, -0.15) is 0 Å². The monoisotopic (exact) mass is 633 g/mol. The van der Waals surface area contributed by atoms with Gasteiger partial charge in [-0.3, -0.25) is 9.59 Å². The van der Waals surface area contributed by atoms with Gasteiger partial charge in [0.25, 0.3) is 0 Å². The quantitative estimate of drug-likeness (QED) is 0.299. The fraction of sp³-hybridized carbons (Fsp3) is 0.588. The predicted octanol–water partition coefficient (Wildman–Crippen LogP) is 5.26. The summed E-state index contributed by atoms with van der Waals surface area (Å²) in [5, 5.41) is 11.9. The van der Waals surface area contributed by atoms with E-state index in [0.717, 1.165) is 49.7 Å². The van der Waals surface area contributed by atoms with E-state index in [2.05, 4.69) is 5.32 Å². The third kappa shape index (κ3) is 10.9. The third-order valence-electron chi connectivity index (χ3n) is 7.49. The van der Waals surface area contributed by atoms with E-state index in [1.54, 1.807) is 28.4 Å². The summed E-state index contributed by atoms with van der Waals surface area (Å²) in [6.45, 7) is 6.00. The van der Waals surface area contributed by atoms with Crippen LogP contribution in [-0.2, 0) is 27.2 Å². The average molecular weight is 634 g/mol. The van der Waals surface area contributed by atoms with Crippen LogP contribution in [0.5, 0.6) is 34.5 Å². The number of carbonyl (C=O) groups is 2. The van der Waals surface area contributed by atoms with Crippen molar-refractivity contribution in [1.82, 2.24) is 5.32 Å². The third-order valence-corrected chi connectivity index (χ3v) is 7.49. The molecule has 1 unspecified atom stereocenters. The summed E-state index contributed by atoms with van der Waals surface area (Å²) in [6.07, 6.45) is 5.27. The number of aliphatic hydroxyl groups is 1. The van der Waals surface area contributed by atoms with E-state index in [1.807, 2.05) is 45.0 Å². The molecule has 11 heteroatoms. The zero-order valence-corrected chi connectivity index (χ0v) is 28.0. The molecule has 0 radical (unpaired) electrons. The number of aliphatic hydroxyl groups excluding tert-OH is 1. The van der Waals surface area contributed by atoms with Crippen molar-refractivity contribution in [3.05, 3.63) is 35.4 Å². The van der Waals surface area contributed by atoms with Crippen LogP contribution in [0, 0.1) is 5.92 Å². The molecule has 45 heavy (non-hydrogen) atoms. The van der Waals surface area contributed by atoms with Crippen molar-refractivity contribution in [2.45, 2.75) is 84.5 Å². The normalized spacial score (nSPS) is 17.8. The molecule has 1 heterocycles. The van der Waals surface area contributed by atoms with Gasteiger partial charge in [-0.25, -0.2) is 0 Å². The summed E-state index contributed by atoms with van der Waals surface area (Å²) in [5.74, 6) is 3.61. The summed E-state index contributed by atoms with van der Waals surface area (Å²) in [6, 6.07) is 7.71. The van der Waals surface area contributed by atoms with Gasteiger partial charge < -0.3 is 43.6 Å². The number of ether oxygens (including phenoxy) is 7. The van der Waals surface area contributed by atoms with Crippen molar-refractivity contribution in [3.8, 4) is 34.5 Å². The fourth-order valence-electron chi connectivity index (χ4n) is 5.26. The van der Waals surface area contributed by atoms with Gasteiger partial charge in [0.2, 0.25) is 23.7 Å². The topological polar surface area (TPSA) is 131 Å². The van der Waals surface area contributed by atoms with Crippen LogP contribution >= 0.6 is 0 Å². The van der Waals surface area contributed by atoms with Gasteiger partial charge in [0.1, 0.15) is 0 Å².